The van der Waals surface area contributed by atoms with E-state index in [1.807, 2.05) is 0 Å². The fourth-order valence-electron chi connectivity index (χ4n) is 0.657. The number of amides is 1. The number of aromatic nitrogens is 1. The second-order valence-electron chi connectivity index (χ2n) is 2.20. The number of halogens is 1. The van der Waals surface area contributed by atoms with E-state index in [1.165, 1.54) is 5.38 Å². The lowest BCUT2D eigenvalue weighted by Gasteiger charge is -1.94. The first-order valence-corrected chi connectivity index (χ1v) is 4.89. The lowest BCUT2D eigenvalue weighted by Crippen LogP contribution is -2.12. The molecular weight excluding hydrogens is 228 g/mol. The summed E-state index contributed by atoms with van der Waals surface area (Å²) in [6, 6.07) is 0. The molecule has 1 heterocycles. The highest BCUT2D eigenvalue weighted by Crippen LogP contribution is 2.15. The van der Waals surface area contributed by atoms with E-state index in [0.29, 0.717) is 0 Å². The van der Waals surface area contributed by atoms with Crippen LogP contribution >= 0.6 is 22.9 Å². The van der Waals surface area contributed by atoms with Gasteiger partial charge in [0.2, 0.25) is 11.7 Å². The van der Waals surface area contributed by atoms with Crippen molar-refractivity contribution < 1.29 is 14.4 Å². The highest BCUT2D eigenvalue weighted by atomic mass is 35.5. The Labute approximate surface area is 88.1 Å². The number of carbonyl (C=O) groups excluding carboxylic acids is 3. The third-order valence-electron chi connectivity index (χ3n) is 1.23. The van der Waals surface area contributed by atoms with Gasteiger partial charge in [-0.15, -0.1) is 22.9 Å². The Morgan fingerprint density at radius 2 is 2.36 bits per heavy atom. The number of Topliss-reactive ketones (excluding diaryl/α,β-unsaturated/α-hetero) is 1. The van der Waals surface area contributed by atoms with Gasteiger partial charge in [-0.25, -0.2) is 4.98 Å². The number of carbonyl (C=O) groups is 3. The molecule has 0 fully saturated rings. The van der Waals surface area contributed by atoms with E-state index in [0.717, 1.165) is 11.3 Å². The van der Waals surface area contributed by atoms with Crippen LogP contribution < -0.4 is 5.32 Å². The Kier molecular flexibility index (Phi) is 3.73. The Balaban J connectivity index is 2.73. The van der Waals surface area contributed by atoms with Crippen LogP contribution in [-0.4, -0.2) is 28.8 Å². The summed E-state index contributed by atoms with van der Waals surface area (Å²) in [5.41, 5.74) is 0.0230. The van der Waals surface area contributed by atoms with Gasteiger partial charge in [-0.05, 0) is 0 Å². The molecule has 7 heteroatoms. The zero-order valence-electron chi connectivity index (χ0n) is 6.82. The van der Waals surface area contributed by atoms with Crippen LogP contribution in [0.3, 0.4) is 0 Å². The first-order valence-electron chi connectivity index (χ1n) is 3.48. The molecule has 1 aromatic rings. The van der Waals surface area contributed by atoms with Crippen LogP contribution in [0, 0.1) is 0 Å². The van der Waals surface area contributed by atoms with Crippen molar-refractivity contribution in [3.8, 4) is 0 Å². The van der Waals surface area contributed by atoms with Crippen molar-refractivity contribution in [1.82, 2.24) is 4.98 Å². The lowest BCUT2D eigenvalue weighted by atomic mass is 10.3. The highest BCUT2D eigenvalue weighted by molar-refractivity contribution is 7.14. The van der Waals surface area contributed by atoms with E-state index in [2.05, 4.69) is 10.3 Å². The molecule has 0 aliphatic rings. The molecule has 14 heavy (non-hydrogen) atoms. The number of aldehydes is 1. The predicted molar refractivity (Wildman–Crippen MR) is 51.9 cm³/mol. The SMILES string of the molecule is O=CC(=O)c1csc(NC(=O)CCl)n1. The van der Waals surface area contributed by atoms with Gasteiger partial charge in [0, 0.05) is 5.38 Å². The van der Waals surface area contributed by atoms with Crippen LogP contribution in [0.1, 0.15) is 10.5 Å². The smallest absolute Gasteiger partial charge is 0.244 e. The van der Waals surface area contributed by atoms with Gasteiger partial charge < -0.3 is 5.32 Å². The monoisotopic (exact) mass is 232 g/mol. The Hall–Kier alpha value is -1.27. The summed E-state index contributed by atoms with van der Waals surface area (Å²) in [4.78, 5) is 35.4. The molecule has 0 radical (unpaired) electrons. The zero-order valence-corrected chi connectivity index (χ0v) is 8.39. The van der Waals surface area contributed by atoms with E-state index in [4.69, 9.17) is 11.6 Å². The number of rotatable bonds is 4. The molecule has 0 spiro atoms. The Morgan fingerprint density at radius 1 is 1.64 bits per heavy atom. The molecule has 1 aromatic heterocycles. The van der Waals surface area contributed by atoms with Crippen LogP contribution in [0.5, 0.6) is 0 Å². The molecule has 0 aromatic carbocycles. The second-order valence-corrected chi connectivity index (χ2v) is 3.33. The van der Waals surface area contributed by atoms with E-state index >= 15 is 0 Å². The molecule has 0 unspecified atom stereocenters. The van der Waals surface area contributed by atoms with Crippen molar-refractivity contribution in [3.05, 3.63) is 11.1 Å². The fraction of sp³-hybridized carbons (Fsp3) is 0.143. The van der Waals surface area contributed by atoms with Crippen LogP contribution in [0.25, 0.3) is 0 Å². The summed E-state index contributed by atoms with van der Waals surface area (Å²) in [5, 5.41) is 4.00. The molecule has 1 rings (SSSR count). The van der Waals surface area contributed by atoms with Crippen molar-refractivity contribution in [2.75, 3.05) is 11.2 Å². The fourth-order valence-corrected chi connectivity index (χ4v) is 1.44. The number of hydrogen-bond donors (Lipinski definition) is 1. The van der Waals surface area contributed by atoms with Crippen LogP contribution in [0.4, 0.5) is 5.13 Å². The maximum atomic E-state index is 10.8. The van der Waals surface area contributed by atoms with E-state index in [1.54, 1.807) is 0 Å². The average molecular weight is 233 g/mol. The molecule has 1 amide bonds. The summed E-state index contributed by atoms with van der Waals surface area (Å²) in [6.45, 7) is 0. The van der Waals surface area contributed by atoms with Gasteiger partial charge in [-0.2, -0.15) is 0 Å². The number of thiazole rings is 1. The molecule has 0 aliphatic carbocycles. The van der Waals surface area contributed by atoms with Crippen LogP contribution in [0.2, 0.25) is 0 Å². The van der Waals surface area contributed by atoms with E-state index in [9.17, 15) is 14.4 Å². The normalized spacial score (nSPS) is 9.50. The number of nitrogens with zero attached hydrogens (tertiary/aromatic N) is 1. The standard InChI is InChI=1S/C7H5ClN2O3S/c8-1-6(13)10-7-9-4(3-14-7)5(12)2-11/h2-3H,1H2,(H,9,10,13). The van der Waals surface area contributed by atoms with Crippen molar-refractivity contribution in [1.29, 1.82) is 0 Å². The summed E-state index contributed by atoms with van der Waals surface area (Å²) in [6.07, 6.45) is 0.169. The van der Waals surface area contributed by atoms with Crippen molar-refractivity contribution in [2.45, 2.75) is 0 Å². The minimum atomic E-state index is -0.715. The molecule has 0 bridgehead atoms. The largest absolute Gasteiger partial charge is 0.301 e. The lowest BCUT2D eigenvalue weighted by molar-refractivity contribution is -0.114. The minimum Gasteiger partial charge on any atom is -0.301 e. The highest BCUT2D eigenvalue weighted by Gasteiger charge is 2.10. The van der Waals surface area contributed by atoms with Crippen LogP contribution in [-0.2, 0) is 9.59 Å². The van der Waals surface area contributed by atoms with Gasteiger partial charge in [-0.1, -0.05) is 0 Å². The van der Waals surface area contributed by atoms with Gasteiger partial charge in [-0.3, -0.25) is 14.4 Å². The molecule has 0 aliphatic heterocycles. The molecule has 74 valence electrons. The summed E-state index contributed by atoms with van der Waals surface area (Å²) < 4.78 is 0. The summed E-state index contributed by atoms with van der Waals surface area (Å²) in [7, 11) is 0. The average Bonchev–Trinajstić information content (AvgIpc) is 2.65. The van der Waals surface area contributed by atoms with Crippen LogP contribution in [0.15, 0.2) is 5.38 Å². The van der Waals surface area contributed by atoms with Gasteiger partial charge in [0.25, 0.3) is 0 Å². The molecule has 1 N–H and O–H groups in total. The number of ketones is 1. The molecular formula is C7H5ClN2O3S. The Bertz CT molecular complexity index is 377. The Morgan fingerprint density at radius 3 is 2.93 bits per heavy atom. The molecule has 5 nitrogen and oxygen atoms in total. The van der Waals surface area contributed by atoms with Crippen molar-refractivity contribution in [2.24, 2.45) is 0 Å². The number of anilines is 1. The van der Waals surface area contributed by atoms with Gasteiger partial charge in [0.05, 0.1) is 0 Å². The maximum absolute atomic E-state index is 10.8. The first kappa shape index (κ1) is 10.8. The first-order chi connectivity index (χ1) is 6.67. The van der Waals surface area contributed by atoms with Gasteiger partial charge >= 0.3 is 0 Å². The van der Waals surface area contributed by atoms with E-state index < -0.39 is 11.7 Å². The second kappa shape index (κ2) is 4.83. The van der Waals surface area contributed by atoms with E-state index in [-0.39, 0.29) is 23.0 Å². The number of nitrogens with one attached hydrogen (secondary N) is 1. The predicted octanol–water partition coefficient (Wildman–Crippen LogP) is 0.702. The quantitative estimate of drug-likeness (QED) is 0.359. The van der Waals surface area contributed by atoms with Gasteiger partial charge in [0.15, 0.2) is 11.4 Å². The van der Waals surface area contributed by atoms with Crippen molar-refractivity contribution in [3.63, 3.8) is 0 Å². The maximum Gasteiger partial charge on any atom is 0.244 e. The minimum absolute atomic E-state index is 0.0230. The number of hydrogen-bond acceptors (Lipinski definition) is 5. The molecule has 0 atom stereocenters. The molecule has 0 saturated heterocycles. The molecule has 0 saturated carbocycles. The van der Waals surface area contributed by atoms with Gasteiger partial charge in [0.1, 0.15) is 11.6 Å². The third-order valence-corrected chi connectivity index (χ3v) is 2.23. The number of alkyl halides is 1. The zero-order chi connectivity index (χ0) is 10.6. The topological polar surface area (TPSA) is 76.1 Å². The van der Waals surface area contributed by atoms with Crippen molar-refractivity contribution >= 4 is 46.0 Å². The third kappa shape index (κ3) is 2.61. The summed E-state index contributed by atoms with van der Waals surface area (Å²) >= 11 is 6.30. The summed E-state index contributed by atoms with van der Waals surface area (Å²) in [5.74, 6) is -1.31.